The van der Waals surface area contributed by atoms with Gasteiger partial charge in [-0.3, -0.25) is 0 Å². The van der Waals surface area contributed by atoms with Crippen LogP contribution in [0, 0.1) is 5.82 Å². The Morgan fingerprint density at radius 2 is 2.15 bits per heavy atom. The molecule has 0 unspecified atom stereocenters. The zero-order valence-electron chi connectivity index (χ0n) is 10.3. The molecule has 0 spiro atoms. The summed E-state index contributed by atoms with van der Waals surface area (Å²) in [4.78, 5) is 4.51. The van der Waals surface area contributed by atoms with Crippen molar-refractivity contribution >= 4 is 50.6 Å². The SMILES string of the molecule is Nc1ccc2nc(SCc3cccc(F)c3Cl)sc2c1. The first-order valence-corrected chi connectivity index (χ1v) is 8.03. The molecule has 0 fully saturated rings. The van der Waals surface area contributed by atoms with E-state index in [0.29, 0.717) is 5.75 Å². The summed E-state index contributed by atoms with van der Waals surface area (Å²) >= 11 is 9.06. The third kappa shape index (κ3) is 2.75. The zero-order chi connectivity index (χ0) is 14.1. The number of aromatic nitrogens is 1. The van der Waals surface area contributed by atoms with Gasteiger partial charge in [0, 0.05) is 11.4 Å². The highest BCUT2D eigenvalue weighted by atomic mass is 35.5. The number of anilines is 1. The monoisotopic (exact) mass is 324 g/mol. The van der Waals surface area contributed by atoms with Gasteiger partial charge in [0.1, 0.15) is 5.82 Å². The number of thioether (sulfide) groups is 1. The fourth-order valence-electron chi connectivity index (χ4n) is 1.78. The Bertz CT molecular complexity index is 773. The van der Waals surface area contributed by atoms with E-state index in [2.05, 4.69) is 4.98 Å². The summed E-state index contributed by atoms with van der Waals surface area (Å²) in [5.41, 5.74) is 8.18. The van der Waals surface area contributed by atoms with Crippen LogP contribution < -0.4 is 5.73 Å². The molecule has 0 aliphatic heterocycles. The summed E-state index contributed by atoms with van der Waals surface area (Å²) in [5, 5.41) is 0.186. The van der Waals surface area contributed by atoms with Gasteiger partial charge in [0.15, 0.2) is 4.34 Å². The minimum Gasteiger partial charge on any atom is -0.399 e. The Hall–Kier alpha value is -1.30. The van der Waals surface area contributed by atoms with E-state index in [1.165, 1.54) is 6.07 Å². The molecule has 1 aromatic heterocycles. The molecule has 20 heavy (non-hydrogen) atoms. The number of fused-ring (bicyclic) bond motifs is 1. The van der Waals surface area contributed by atoms with E-state index in [0.717, 1.165) is 25.8 Å². The normalized spacial score (nSPS) is 11.1. The standard InChI is InChI=1S/C14H10ClFN2S2/c15-13-8(2-1-3-10(13)16)7-19-14-18-11-5-4-9(17)6-12(11)20-14/h1-6H,7,17H2. The Morgan fingerprint density at radius 3 is 3.00 bits per heavy atom. The molecule has 2 nitrogen and oxygen atoms in total. The second-order valence-electron chi connectivity index (χ2n) is 4.21. The number of nitrogens with zero attached hydrogens (tertiary/aromatic N) is 1. The van der Waals surface area contributed by atoms with Gasteiger partial charge in [-0.1, -0.05) is 35.5 Å². The van der Waals surface area contributed by atoms with E-state index in [4.69, 9.17) is 17.3 Å². The topological polar surface area (TPSA) is 38.9 Å². The van der Waals surface area contributed by atoms with Crippen LogP contribution in [0.15, 0.2) is 40.7 Å². The molecule has 0 atom stereocenters. The van der Waals surface area contributed by atoms with E-state index in [1.54, 1.807) is 29.2 Å². The van der Waals surface area contributed by atoms with Crippen molar-refractivity contribution in [2.45, 2.75) is 10.1 Å². The number of hydrogen-bond acceptors (Lipinski definition) is 4. The maximum absolute atomic E-state index is 13.3. The first-order valence-electron chi connectivity index (χ1n) is 5.85. The highest BCUT2D eigenvalue weighted by molar-refractivity contribution is 8.00. The highest BCUT2D eigenvalue weighted by Gasteiger charge is 2.09. The lowest BCUT2D eigenvalue weighted by molar-refractivity contribution is 0.627. The van der Waals surface area contributed by atoms with Crippen LogP contribution in [0.3, 0.4) is 0 Å². The van der Waals surface area contributed by atoms with Crippen molar-refractivity contribution in [3.05, 3.63) is 52.8 Å². The van der Waals surface area contributed by atoms with Gasteiger partial charge in [-0.15, -0.1) is 11.3 Å². The molecule has 0 amide bonds. The summed E-state index contributed by atoms with van der Waals surface area (Å²) in [6.45, 7) is 0. The van der Waals surface area contributed by atoms with Gasteiger partial charge in [-0.2, -0.15) is 0 Å². The zero-order valence-corrected chi connectivity index (χ0v) is 12.7. The summed E-state index contributed by atoms with van der Waals surface area (Å²) in [5.74, 6) is 0.202. The van der Waals surface area contributed by atoms with Gasteiger partial charge < -0.3 is 5.73 Å². The number of hydrogen-bond donors (Lipinski definition) is 1. The lowest BCUT2D eigenvalue weighted by atomic mass is 10.2. The number of rotatable bonds is 3. The fourth-order valence-corrected chi connectivity index (χ4v) is 4.16. The molecule has 102 valence electrons. The van der Waals surface area contributed by atoms with Gasteiger partial charge in [0.05, 0.1) is 15.2 Å². The Labute approximate surface area is 128 Å². The summed E-state index contributed by atoms with van der Waals surface area (Å²) < 4.78 is 15.3. The van der Waals surface area contributed by atoms with Crippen LogP contribution in [0.5, 0.6) is 0 Å². The van der Waals surface area contributed by atoms with Crippen molar-refractivity contribution in [1.29, 1.82) is 0 Å². The first-order chi connectivity index (χ1) is 9.63. The quantitative estimate of drug-likeness (QED) is 0.546. The van der Waals surface area contributed by atoms with E-state index < -0.39 is 0 Å². The third-order valence-electron chi connectivity index (χ3n) is 2.78. The average Bonchev–Trinajstić information content (AvgIpc) is 2.82. The summed E-state index contributed by atoms with van der Waals surface area (Å²) in [7, 11) is 0. The molecule has 2 N–H and O–H groups in total. The number of thiazole rings is 1. The maximum atomic E-state index is 13.3. The number of halogens is 2. The predicted octanol–water partition coefficient (Wildman–Crippen LogP) is 4.96. The molecule has 0 aliphatic carbocycles. The van der Waals surface area contributed by atoms with Crippen molar-refractivity contribution in [1.82, 2.24) is 4.98 Å². The molecular formula is C14H10ClFN2S2. The Morgan fingerprint density at radius 1 is 1.30 bits per heavy atom. The van der Waals surface area contributed by atoms with Crippen LogP contribution in [0.2, 0.25) is 5.02 Å². The average molecular weight is 325 g/mol. The van der Waals surface area contributed by atoms with Crippen molar-refractivity contribution in [2.75, 3.05) is 5.73 Å². The van der Waals surface area contributed by atoms with Gasteiger partial charge in [-0.25, -0.2) is 9.37 Å². The molecule has 0 saturated heterocycles. The van der Waals surface area contributed by atoms with Crippen molar-refractivity contribution < 1.29 is 4.39 Å². The summed E-state index contributed by atoms with van der Waals surface area (Å²) in [6, 6.07) is 10.5. The van der Waals surface area contributed by atoms with Crippen LogP contribution in [-0.2, 0) is 5.75 Å². The van der Waals surface area contributed by atoms with Crippen LogP contribution in [0.1, 0.15) is 5.56 Å². The lowest BCUT2D eigenvalue weighted by Gasteiger charge is -2.02. The molecule has 0 saturated carbocycles. The second-order valence-corrected chi connectivity index (χ2v) is 6.84. The molecule has 3 aromatic rings. The molecule has 2 aromatic carbocycles. The van der Waals surface area contributed by atoms with Crippen molar-refractivity contribution in [3.63, 3.8) is 0 Å². The minimum absolute atomic E-state index is 0.186. The molecule has 6 heteroatoms. The molecular weight excluding hydrogens is 315 g/mol. The molecule has 1 heterocycles. The number of benzene rings is 2. The first kappa shape index (κ1) is 13.7. The molecule has 0 aliphatic rings. The van der Waals surface area contributed by atoms with E-state index in [9.17, 15) is 4.39 Å². The molecule has 0 radical (unpaired) electrons. The highest BCUT2D eigenvalue weighted by Crippen LogP contribution is 2.34. The van der Waals surface area contributed by atoms with Crippen LogP contribution in [-0.4, -0.2) is 4.98 Å². The van der Waals surface area contributed by atoms with E-state index in [1.807, 2.05) is 24.3 Å². The largest absolute Gasteiger partial charge is 0.399 e. The van der Waals surface area contributed by atoms with Gasteiger partial charge in [-0.05, 0) is 29.8 Å². The maximum Gasteiger partial charge on any atom is 0.151 e. The summed E-state index contributed by atoms with van der Waals surface area (Å²) in [6.07, 6.45) is 0. The second kappa shape index (κ2) is 5.60. The predicted molar refractivity (Wildman–Crippen MR) is 85.0 cm³/mol. The van der Waals surface area contributed by atoms with E-state index >= 15 is 0 Å². The smallest absolute Gasteiger partial charge is 0.151 e. The molecule has 0 bridgehead atoms. The minimum atomic E-state index is -0.387. The van der Waals surface area contributed by atoms with E-state index in [-0.39, 0.29) is 10.8 Å². The van der Waals surface area contributed by atoms with Gasteiger partial charge in [0.25, 0.3) is 0 Å². The van der Waals surface area contributed by atoms with Crippen molar-refractivity contribution in [2.24, 2.45) is 0 Å². The van der Waals surface area contributed by atoms with Crippen LogP contribution in [0.25, 0.3) is 10.2 Å². The molecule has 3 rings (SSSR count). The van der Waals surface area contributed by atoms with Crippen LogP contribution >= 0.6 is 34.7 Å². The Balaban J connectivity index is 1.81. The van der Waals surface area contributed by atoms with Gasteiger partial charge >= 0.3 is 0 Å². The van der Waals surface area contributed by atoms with Gasteiger partial charge in [0.2, 0.25) is 0 Å². The fraction of sp³-hybridized carbons (Fsp3) is 0.0714. The Kier molecular flexibility index (Phi) is 3.83. The van der Waals surface area contributed by atoms with Crippen molar-refractivity contribution in [3.8, 4) is 0 Å². The number of nitrogens with two attached hydrogens (primary N) is 1. The van der Waals surface area contributed by atoms with Crippen LogP contribution in [0.4, 0.5) is 10.1 Å². The number of nitrogen functional groups attached to an aromatic ring is 1. The third-order valence-corrected chi connectivity index (χ3v) is 5.41. The lowest BCUT2D eigenvalue weighted by Crippen LogP contribution is -1.86.